The number of rotatable bonds is 11. The second-order valence-electron chi connectivity index (χ2n) is 8.48. The molecule has 3 aromatic rings. The average Bonchev–Trinajstić information content (AvgIpc) is 3.41. The normalized spacial score (nSPS) is 14.8. The lowest BCUT2D eigenvalue weighted by molar-refractivity contribution is -0.122. The Morgan fingerprint density at radius 2 is 1.74 bits per heavy atom. The molecule has 2 heterocycles. The summed E-state index contributed by atoms with van der Waals surface area (Å²) in [4.78, 5) is 15.5. The van der Waals surface area contributed by atoms with Crippen molar-refractivity contribution in [3.05, 3.63) is 71.3 Å². The molecular formula is C28H31N3O2S2. The van der Waals surface area contributed by atoms with Gasteiger partial charge in [-0.3, -0.25) is 9.69 Å². The summed E-state index contributed by atoms with van der Waals surface area (Å²) < 4.78 is 8.31. The minimum absolute atomic E-state index is 0.0193. The van der Waals surface area contributed by atoms with Crippen molar-refractivity contribution in [2.45, 2.75) is 46.0 Å². The van der Waals surface area contributed by atoms with E-state index in [1.807, 2.05) is 71.6 Å². The van der Waals surface area contributed by atoms with Crippen LogP contribution in [-0.4, -0.2) is 38.1 Å². The van der Waals surface area contributed by atoms with Gasteiger partial charge < -0.3 is 4.74 Å². The predicted molar refractivity (Wildman–Crippen MR) is 149 cm³/mol. The number of carbonyl (C=O) groups excluding carboxylic acids is 1. The van der Waals surface area contributed by atoms with Crippen LogP contribution in [0.25, 0.3) is 23.0 Å². The second kappa shape index (κ2) is 12.2. The van der Waals surface area contributed by atoms with Crippen LogP contribution in [0.15, 0.2) is 65.7 Å². The predicted octanol–water partition coefficient (Wildman–Crippen LogP) is 7.11. The van der Waals surface area contributed by atoms with Crippen LogP contribution in [0.1, 0.15) is 51.5 Å². The monoisotopic (exact) mass is 505 g/mol. The minimum atomic E-state index is -0.0193. The molecule has 0 radical (unpaired) electrons. The van der Waals surface area contributed by atoms with Crippen molar-refractivity contribution in [1.82, 2.24) is 14.7 Å². The van der Waals surface area contributed by atoms with Gasteiger partial charge in [-0.2, -0.15) is 5.10 Å². The zero-order valence-electron chi connectivity index (χ0n) is 20.3. The van der Waals surface area contributed by atoms with Crippen LogP contribution < -0.4 is 4.74 Å². The van der Waals surface area contributed by atoms with E-state index in [-0.39, 0.29) is 5.91 Å². The number of ether oxygens (including phenoxy) is 1. The van der Waals surface area contributed by atoms with Crippen molar-refractivity contribution in [3.8, 4) is 22.7 Å². The Bertz CT molecular complexity index is 1190. The molecule has 1 aliphatic rings. The van der Waals surface area contributed by atoms with Crippen molar-refractivity contribution < 1.29 is 9.53 Å². The van der Waals surface area contributed by atoms with Gasteiger partial charge in [-0.05, 0) is 55.3 Å². The van der Waals surface area contributed by atoms with Crippen LogP contribution in [0, 0.1) is 0 Å². The first-order chi connectivity index (χ1) is 17.1. The number of nitrogens with zero attached hydrogens (tertiary/aromatic N) is 3. The van der Waals surface area contributed by atoms with Crippen molar-refractivity contribution in [1.29, 1.82) is 0 Å². The molecule has 1 aromatic heterocycles. The number of para-hydroxylation sites is 1. The zero-order valence-corrected chi connectivity index (χ0v) is 21.9. The van der Waals surface area contributed by atoms with Crippen LogP contribution in [-0.2, 0) is 4.79 Å². The van der Waals surface area contributed by atoms with E-state index in [2.05, 4.69) is 13.8 Å². The Morgan fingerprint density at radius 3 is 2.46 bits per heavy atom. The van der Waals surface area contributed by atoms with Gasteiger partial charge in [0.1, 0.15) is 10.1 Å². The van der Waals surface area contributed by atoms with E-state index < -0.39 is 0 Å². The summed E-state index contributed by atoms with van der Waals surface area (Å²) in [5.41, 5.74) is 3.61. The average molecular weight is 506 g/mol. The summed E-state index contributed by atoms with van der Waals surface area (Å²) in [6, 6.07) is 18.0. The molecule has 0 unspecified atom stereocenters. The molecule has 182 valence electrons. The molecule has 0 bridgehead atoms. The number of carbonyl (C=O) groups is 1. The van der Waals surface area contributed by atoms with Gasteiger partial charge >= 0.3 is 0 Å². The van der Waals surface area contributed by atoms with Gasteiger partial charge in [-0.1, -0.05) is 75.3 Å². The SMILES string of the molecule is CCCCCN1C(=O)/C(=C/c2cn(-c3ccccc3)nc2-c2ccc(OCCCC)cc2)SC1=S. The topological polar surface area (TPSA) is 47.4 Å². The molecule has 1 aliphatic heterocycles. The van der Waals surface area contributed by atoms with Gasteiger partial charge in [0.2, 0.25) is 0 Å². The fraction of sp³-hybridized carbons (Fsp3) is 0.321. The maximum atomic E-state index is 13.1. The maximum Gasteiger partial charge on any atom is 0.266 e. The van der Waals surface area contributed by atoms with Crippen molar-refractivity contribution in [2.75, 3.05) is 13.2 Å². The standard InChI is InChI=1S/C28H31N3O2S2/c1-3-5-10-17-30-27(32)25(35-28(30)34)19-22-20-31(23-11-8-7-9-12-23)29-26(22)21-13-15-24(16-14-21)33-18-6-4-2/h7-9,11-16,19-20H,3-6,10,17-18H2,1-2H3/b25-19-. The largest absolute Gasteiger partial charge is 0.494 e. The fourth-order valence-electron chi connectivity index (χ4n) is 3.83. The van der Waals surface area contributed by atoms with Crippen LogP contribution in [0.3, 0.4) is 0 Å². The third-order valence-corrected chi connectivity index (χ3v) is 7.18. The first-order valence-corrected chi connectivity index (χ1v) is 13.5. The Kier molecular flexibility index (Phi) is 8.77. The Labute approximate surface area is 217 Å². The van der Waals surface area contributed by atoms with E-state index >= 15 is 0 Å². The molecule has 7 heteroatoms. The van der Waals surface area contributed by atoms with Crippen LogP contribution in [0.2, 0.25) is 0 Å². The van der Waals surface area contributed by atoms with Gasteiger partial charge in [0.25, 0.3) is 5.91 Å². The molecule has 35 heavy (non-hydrogen) atoms. The fourth-order valence-corrected chi connectivity index (χ4v) is 5.13. The Balaban J connectivity index is 1.65. The van der Waals surface area contributed by atoms with Crippen LogP contribution in [0.5, 0.6) is 5.75 Å². The number of thioether (sulfide) groups is 1. The number of benzene rings is 2. The smallest absolute Gasteiger partial charge is 0.266 e. The minimum Gasteiger partial charge on any atom is -0.494 e. The first-order valence-electron chi connectivity index (χ1n) is 12.2. The number of aromatic nitrogens is 2. The molecule has 1 saturated heterocycles. The van der Waals surface area contributed by atoms with Crippen LogP contribution in [0.4, 0.5) is 0 Å². The molecular weight excluding hydrogens is 474 g/mol. The summed E-state index contributed by atoms with van der Waals surface area (Å²) in [6.07, 6.45) is 9.18. The summed E-state index contributed by atoms with van der Waals surface area (Å²) in [6.45, 7) is 5.69. The van der Waals surface area contributed by atoms with Gasteiger partial charge in [-0.15, -0.1) is 0 Å². The molecule has 4 rings (SSSR count). The molecule has 5 nitrogen and oxygen atoms in total. The zero-order chi connectivity index (χ0) is 24.6. The number of amides is 1. The number of unbranched alkanes of at least 4 members (excludes halogenated alkanes) is 3. The van der Waals surface area contributed by atoms with Gasteiger partial charge in [-0.25, -0.2) is 4.68 Å². The molecule has 0 saturated carbocycles. The van der Waals surface area contributed by atoms with E-state index in [1.54, 1.807) is 4.90 Å². The lowest BCUT2D eigenvalue weighted by atomic mass is 10.1. The number of thiocarbonyl (C=S) groups is 1. The van der Waals surface area contributed by atoms with E-state index in [0.717, 1.165) is 60.4 Å². The quantitative estimate of drug-likeness (QED) is 0.158. The highest BCUT2D eigenvalue weighted by Crippen LogP contribution is 2.35. The maximum absolute atomic E-state index is 13.1. The van der Waals surface area contributed by atoms with Gasteiger partial charge in [0.05, 0.1) is 22.9 Å². The van der Waals surface area contributed by atoms with Gasteiger partial charge in [0, 0.05) is 23.9 Å². The summed E-state index contributed by atoms with van der Waals surface area (Å²) in [7, 11) is 0. The number of hydrogen-bond donors (Lipinski definition) is 0. The van der Waals surface area contributed by atoms with Gasteiger partial charge in [0.15, 0.2) is 0 Å². The summed E-state index contributed by atoms with van der Waals surface area (Å²) in [5.74, 6) is 0.827. The Morgan fingerprint density at radius 1 is 1.00 bits per heavy atom. The molecule has 0 spiro atoms. The molecule has 0 atom stereocenters. The van der Waals surface area contributed by atoms with Crippen molar-refractivity contribution in [3.63, 3.8) is 0 Å². The van der Waals surface area contributed by atoms with E-state index in [4.69, 9.17) is 22.1 Å². The molecule has 2 aromatic carbocycles. The lowest BCUT2D eigenvalue weighted by Crippen LogP contribution is -2.28. The lowest BCUT2D eigenvalue weighted by Gasteiger charge is -2.13. The first kappa shape index (κ1) is 25.2. The van der Waals surface area contributed by atoms with Crippen molar-refractivity contribution >= 4 is 40.3 Å². The third-order valence-electron chi connectivity index (χ3n) is 5.80. The van der Waals surface area contributed by atoms with E-state index in [0.29, 0.717) is 22.4 Å². The second-order valence-corrected chi connectivity index (χ2v) is 10.2. The molecule has 1 amide bonds. The number of hydrogen-bond acceptors (Lipinski definition) is 5. The van der Waals surface area contributed by atoms with Crippen molar-refractivity contribution in [2.24, 2.45) is 0 Å². The highest BCUT2D eigenvalue weighted by Gasteiger charge is 2.32. The van der Waals surface area contributed by atoms with E-state index in [9.17, 15) is 4.79 Å². The highest BCUT2D eigenvalue weighted by molar-refractivity contribution is 8.26. The Hall–Kier alpha value is -2.90. The molecule has 1 fully saturated rings. The molecule has 0 aliphatic carbocycles. The summed E-state index contributed by atoms with van der Waals surface area (Å²) >= 11 is 6.89. The third kappa shape index (κ3) is 6.21. The highest BCUT2D eigenvalue weighted by atomic mass is 32.2. The van der Waals surface area contributed by atoms with Crippen LogP contribution >= 0.6 is 24.0 Å². The summed E-state index contributed by atoms with van der Waals surface area (Å²) in [5, 5.41) is 4.89. The molecule has 0 N–H and O–H groups in total. The van der Waals surface area contributed by atoms with E-state index in [1.165, 1.54) is 11.8 Å².